The Kier molecular flexibility index (Phi) is 6.21. The molecule has 0 aromatic carbocycles. The van der Waals surface area contributed by atoms with E-state index in [0.29, 0.717) is 12.0 Å². The lowest BCUT2D eigenvalue weighted by atomic mass is 10.2. The average Bonchev–Trinajstić information content (AvgIpc) is 2.43. The van der Waals surface area contributed by atoms with E-state index < -0.39 is 12.0 Å². The van der Waals surface area contributed by atoms with E-state index in [1.807, 2.05) is 6.26 Å². The molecule has 1 amide bonds. The molecular formula is C12H16N2O3S. The molecule has 0 saturated carbocycles. The molecule has 0 saturated heterocycles. The first-order valence-electron chi connectivity index (χ1n) is 5.46. The smallest absolute Gasteiger partial charge is 0.328 e. The third-order valence-electron chi connectivity index (χ3n) is 2.33. The number of hydrogen-bond acceptors (Lipinski definition) is 5. The van der Waals surface area contributed by atoms with Crippen LogP contribution in [0.15, 0.2) is 24.5 Å². The Labute approximate surface area is 110 Å². The lowest BCUT2D eigenvalue weighted by Gasteiger charge is -2.15. The van der Waals surface area contributed by atoms with Crippen molar-refractivity contribution in [3.8, 4) is 0 Å². The summed E-state index contributed by atoms with van der Waals surface area (Å²) in [7, 11) is 1.31. The summed E-state index contributed by atoms with van der Waals surface area (Å²) in [6.07, 6.45) is 5.53. The van der Waals surface area contributed by atoms with Crippen molar-refractivity contribution in [1.82, 2.24) is 10.3 Å². The van der Waals surface area contributed by atoms with Gasteiger partial charge in [0.1, 0.15) is 6.04 Å². The molecule has 5 nitrogen and oxygen atoms in total. The summed E-state index contributed by atoms with van der Waals surface area (Å²) < 4.78 is 4.67. The number of pyridine rings is 1. The predicted octanol–water partition coefficient (Wildman–Crippen LogP) is 1.11. The molecule has 0 aliphatic carbocycles. The molecule has 0 bridgehead atoms. The van der Waals surface area contributed by atoms with E-state index in [2.05, 4.69) is 15.0 Å². The number of rotatable bonds is 6. The Hall–Kier alpha value is -1.56. The van der Waals surface area contributed by atoms with Crippen LogP contribution in [-0.4, -0.2) is 42.0 Å². The van der Waals surface area contributed by atoms with Crippen molar-refractivity contribution in [1.29, 1.82) is 0 Å². The van der Waals surface area contributed by atoms with Gasteiger partial charge in [-0.1, -0.05) is 0 Å². The van der Waals surface area contributed by atoms with Gasteiger partial charge in [-0.25, -0.2) is 4.79 Å². The Morgan fingerprint density at radius 2 is 2.33 bits per heavy atom. The van der Waals surface area contributed by atoms with Crippen molar-refractivity contribution < 1.29 is 14.3 Å². The number of carbonyl (C=O) groups is 2. The van der Waals surface area contributed by atoms with E-state index in [0.717, 1.165) is 5.75 Å². The van der Waals surface area contributed by atoms with Crippen molar-refractivity contribution in [3.05, 3.63) is 30.1 Å². The molecule has 1 unspecified atom stereocenters. The molecule has 1 N–H and O–H groups in total. The molecule has 1 rings (SSSR count). The van der Waals surface area contributed by atoms with Gasteiger partial charge in [0.15, 0.2) is 0 Å². The fourth-order valence-electron chi connectivity index (χ4n) is 1.37. The van der Waals surface area contributed by atoms with Crippen LogP contribution in [0.5, 0.6) is 0 Å². The topological polar surface area (TPSA) is 68.3 Å². The van der Waals surface area contributed by atoms with Gasteiger partial charge in [-0.2, -0.15) is 11.8 Å². The zero-order valence-electron chi connectivity index (χ0n) is 10.4. The van der Waals surface area contributed by atoms with Crippen LogP contribution in [-0.2, 0) is 9.53 Å². The van der Waals surface area contributed by atoms with Crippen LogP contribution >= 0.6 is 11.8 Å². The van der Waals surface area contributed by atoms with Crippen LogP contribution in [0.25, 0.3) is 0 Å². The lowest BCUT2D eigenvalue weighted by Crippen LogP contribution is -2.41. The van der Waals surface area contributed by atoms with Crippen LogP contribution in [0.2, 0.25) is 0 Å². The normalized spacial score (nSPS) is 11.7. The van der Waals surface area contributed by atoms with Crippen molar-refractivity contribution in [2.24, 2.45) is 0 Å². The highest BCUT2D eigenvalue weighted by molar-refractivity contribution is 7.98. The molecule has 1 aromatic heterocycles. The first-order chi connectivity index (χ1) is 8.69. The number of thioether (sulfide) groups is 1. The van der Waals surface area contributed by atoms with Crippen LogP contribution in [0.4, 0.5) is 0 Å². The van der Waals surface area contributed by atoms with Crippen molar-refractivity contribution >= 4 is 23.6 Å². The van der Waals surface area contributed by atoms with E-state index in [1.165, 1.54) is 13.3 Å². The van der Waals surface area contributed by atoms with Crippen LogP contribution in [0.1, 0.15) is 16.8 Å². The highest BCUT2D eigenvalue weighted by Crippen LogP contribution is 2.04. The van der Waals surface area contributed by atoms with Gasteiger partial charge in [-0.15, -0.1) is 0 Å². The molecule has 0 radical (unpaired) electrons. The molecular weight excluding hydrogens is 252 g/mol. The highest BCUT2D eigenvalue weighted by atomic mass is 32.2. The fraction of sp³-hybridized carbons (Fsp3) is 0.417. The second-order valence-electron chi connectivity index (χ2n) is 3.57. The maximum Gasteiger partial charge on any atom is 0.328 e. The Morgan fingerprint density at radius 1 is 1.56 bits per heavy atom. The Bertz CT molecular complexity index is 398. The van der Waals surface area contributed by atoms with Gasteiger partial charge in [0, 0.05) is 12.4 Å². The molecule has 1 atom stereocenters. The number of nitrogens with zero attached hydrogens (tertiary/aromatic N) is 1. The molecule has 0 aliphatic heterocycles. The average molecular weight is 268 g/mol. The number of nitrogens with one attached hydrogen (secondary N) is 1. The fourth-order valence-corrected chi connectivity index (χ4v) is 1.84. The summed E-state index contributed by atoms with van der Waals surface area (Å²) in [5.74, 6) is 0.0217. The first kappa shape index (κ1) is 14.5. The maximum absolute atomic E-state index is 11.9. The Balaban J connectivity index is 2.65. The van der Waals surface area contributed by atoms with Crippen molar-refractivity contribution in [3.63, 3.8) is 0 Å². The molecule has 0 spiro atoms. The van der Waals surface area contributed by atoms with Crippen LogP contribution in [0.3, 0.4) is 0 Å². The lowest BCUT2D eigenvalue weighted by molar-refractivity contribution is -0.142. The number of amides is 1. The molecule has 1 heterocycles. The third-order valence-corrected chi connectivity index (χ3v) is 2.97. The predicted molar refractivity (Wildman–Crippen MR) is 70.5 cm³/mol. The molecule has 0 fully saturated rings. The minimum Gasteiger partial charge on any atom is -0.467 e. The molecule has 6 heteroatoms. The molecule has 18 heavy (non-hydrogen) atoms. The molecule has 0 aliphatic rings. The minimum atomic E-state index is -0.616. The van der Waals surface area contributed by atoms with Crippen molar-refractivity contribution in [2.75, 3.05) is 19.1 Å². The summed E-state index contributed by atoms with van der Waals surface area (Å²) in [6, 6.07) is 2.70. The summed E-state index contributed by atoms with van der Waals surface area (Å²) in [5, 5.41) is 2.65. The zero-order valence-corrected chi connectivity index (χ0v) is 11.2. The highest BCUT2D eigenvalue weighted by Gasteiger charge is 2.21. The van der Waals surface area contributed by atoms with E-state index >= 15 is 0 Å². The number of methoxy groups -OCH3 is 1. The van der Waals surface area contributed by atoms with Gasteiger partial charge < -0.3 is 10.1 Å². The minimum absolute atomic E-state index is 0.320. The number of ether oxygens (including phenoxy) is 1. The monoisotopic (exact) mass is 268 g/mol. The number of hydrogen-bond donors (Lipinski definition) is 1. The summed E-state index contributed by atoms with van der Waals surface area (Å²) >= 11 is 1.61. The summed E-state index contributed by atoms with van der Waals surface area (Å²) in [4.78, 5) is 27.3. The van der Waals surface area contributed by atoms with Gasteiger partial charge in [0.05, 0.1) is 12.7 Å². The Morgan fingerprint density at radius 3 is 2.89 bits per heavy atom. The molecule has 1 aromatic rings. The van der Waals surface area contributed by atoms with Gasteiger partial charge in [-0.05, 0) is 30.6 Å². The van der Waals surface area contributed by atoms with E-state index in [1.54, 1.807) is 30.1 Å². The molecule has 98 valence electrons. The van der Waals surface area contributed by atoms with Crippen LogP contribution < -0.4 is 5.32 Å². The number of carbonyl (C=O) groups excluding carboxylic acids is 2. The quantitative estimate of drug-likeness (QED) is 0.783. The van der Waals surface area contributed by atoms with Crippen LogP contribution in [0, 0.1) is 0 Å². The third kappa shape index (κ3) is 4.37. The van der Waals surface area contributed by atoms with Crippen molar-refractivity contribution in [2.45, 2.75) is 12.5 Å². The van der Waals surface area contributed by atoms with Gasteiger partial charge in [0.25, 0.3) is 5.91 Å². The first-order valence-corrected chi connectivity index (χ1v) is 6.86. The largest absolute Gasteiger partial charge is 0.467 e. The van der Waals surface area contributed by atoms with E-state index in [4.69, 9.17) is 0 Å². The second-order valence-corrected chi connectivity index (χ2v) is 4.56. The van der Waals surface area contributed by atoms with E-state index in [-0.39, 0.29) is 5.91 Å². The summed E-state index contributed by atoms with van der Waals surface area (Å²) in [5.41, 5.74) is 0.426. The van der Waals surface area contributed by atoms with Gasteiger partial charge in [0.2, 0.25) is 0 Å². The van der Waals surface area contributed by atoms with Gasteiger partial charge >= 0.3 is 5.97 Å². The standard InChI is InChI=1S/C12H16N2O3S/c1-17-12(16)10(5-7-18-2)14-11(15)9-4-3-6-13-8-9/h3-4,6,8,10H,5,7H2,1-2H3,(H,14,15). The SMILES string of the molecule is COC(=O)C(CCSC)NC(=O)c1cccnc1. The van der Waals surface area contributed by atoms with Gasteiger partial charge in [-0.3, -0.25) is 9.78 Å². The number of esters is 1. The second kappa shape index (κ2) is 7.71. The zero-order chi connectivity index (χ0) is 13.4. The van der Waals surface area contributed by atoms with E-state index in [9.17, 15) is 9.59 Å². The summed E-state index contributed by atoms with van der Waals surface area (Å²) in [6.45, 7) is 0. The number of aromatic nitrogens is 1. The maximum atomic E-state index is 11.9.